The number of nitrogens with zero attached hydrogens (tertiary/aromatic N) is 1. The maximum absolute atomic E-state index is 5.82. The topological polar surface area (TPSA) is 38.1 Å². The Labute approximate surface area is 111 Å². The first-order chi connectivity index (χ1) is 8.72. The number of rotatable bonds is 4. The Morgan fingerprint density at radius 3 is 3.00 bits per heavy atom. The van der Waals surface area contributed by atoms with Crippen molar-refractivity contribution < 1.29 is 4.42 Å². The molecule has 0 aromatic carbocycles. The van der Waals surface area contributed by atoms with E-state index >= 15 is 0 Å². The van der Waals surface area contributed by atoms with Crippen molar-refractivity contribution in [3.05, 3.63) is 47.1 Å². The van der Waals surface area contributed by atoms with Crippen molar-refractivity contribution in [3.63, 3.8) is 0 Å². The lowest BCUT2D eigenvalue weighted by atomic mass is 10.3. The minimum absolute atomic E-state index is 0.493. The van der Waals surface area contributed by atoms with E-state index in [4.69, 9.17) is 16.0 Å². The van der Waals surface area contributed by atoms with E-state index in [2.05, 4.69) is 23.3 Å². The average Bonchev–Trinajstić information content (AvgIpc) is 2.91. The molecular formula is C14H15ClN2O. The molecule has 1 saturated carbocycles. The van der Waals surface area contributed by atoms with Gasteiger partial charge in [0.2, 0.25) is 0 Å². The third kappa shape index (κ3) is 2.51. The Kier molecular flexibility index (Phi) is 3.00. The maximum atomic E-state index is 5.82. The van der Waals surface area contributed by atoms with E-state index in [0.717, 1.165) is 23.1 Å². The van der Waals surface area contributed by atoms with Crippen molar-refractivity contribution in [1.82, 2.24) is 4.98 Å². The third-order valence-electron chi connectivity index (χ3n) is 3.35. The van der Waals surface area contributed by atoms with Crippen LogP contribution in [0.5, 0.6) is 0 Å². The predicted molar refractivity (Wildman–Crippen MR) is 71.8 cm³/mol. The monoisotopic (exact) mass is 262 g/mol. The summed E-state index contributed by atoms with van der Waals surface area (Å²) in [6.45, 7) is 2.92. The molecule has 1 aliphatic carbocycles. The number of nitrogens with one attached hydrogen (secondary N) is 1. The summed E-state index contributed by atoms with van der Waals surface area (Å²) in [4.78, 5) is 3.94. The van der Waals surface area contributed by atoms with Gasteiger partial charge < -0.3 is 9.73 Å². The van der Waals surface area contributed by atoms with Crippen LogP contribution >= 0.6 is 11.6 Å². The molecule has 94 valence electrons. The molecule has 0 radical (unpaired) electrons. The van der Waals surface area contributed by atoms with Gasteiger partial charge in [-0.15, -0.1) is 0 Å². The van der Waals surface area contributed by atoms with Crippen LogP contribution in [0.2, 0.25) is 5.15 Å². The zero-order chi connectivity index (χ0) is 12.5. The smallest absolute Gasteiger partial charge is 0.131 e. The van der Waals surface area contributed by atoms with Crippen molar-refractivity contribution >= 4 is 17.3 Å². The standard InChI is InChI=1S/C14H15ClN2O/c1-9-6-12(9)13-3-2-11(18-13)8-17-10-4-5-16-14(15)7-10/h2-5,7,9,12H,6,8H2,1H3,(H,16,17). The van der Waals surface area contributed by atoms with Crippen molar-refractivity contribution in [1.29, 1.82) is 0 Å². The molecule has 3 rings (SSSR count). The second-order valence-corrected chi connectivity index (χ2v) is 5.23. The molecule has 0 amide bonds. The molecule has 18 heavy (non-hydrogen) atoms. The first kappa shape index (κ1) is 11.6. The summed E-state index contributed by atoms with van der Waals surface area (Å²) >= 11 is 5.82. The second-order valence-electron chi connectivity index (χ2n) is 4.84. The number of pyridine rings is 1. The van der Waals surface area contributed by atoms with Crippen molar-refractivity contribution in [2.45, 2.75) is 25.8 Å². The molecule has 0 spiro atoms. The zero-order valence-electron chi connectivity index (χ0n) is 10.2. The highest BCUT2D eigenvalue weighted by molar-refractivity contribution is 6.29. The highest BCUT2D eigenvalue weighted by Crippen LogP contribution is 2.47. The summed E-state index contributed by atoms with van der Waals surface area (Å²) in [5, 5.41) is 3.76. The Balaban J connectivity index is 1.61. The molecule has 0 bridgehead atoms. The van der Waals surface area contributed by atoms with E-state index in [-0.39, 0.29) is 0 Å². The Morgan fingerprint density at radius 2 is 2.28 bits per heavy atom. The summed E-state index contributed by atoms with van der Waals surface area (Å²) in [7, 11) is 0. The van der Waals surface area contributed by atoms with Crippen LogP contribution in [0.1, 0.15) is 30.8 Å². The number of furan rings is 1. The maximum Gasteiger partial charge on any atom is 0.131 e. The molecule has 2 heterocycles. The van der Waals surface area contributed by atoms with Gasteiger partial charge in [0.1, 0.15) is 16.7 Å². The molecule has 1 fully saturated rings. The van der Waals surface area contributed by atoms with Crippen LogP contribution in [-0.4, -0.2) is 4.98 Å². The summed E-state index contributed by atoms with van der Waals surface area (Å²) in [6.07, 6.45) is 2.93. The van der Waals surface area contributed by atoms with E-state index in [0.29, 0.717) is 17.6 Å². The SMILES string of the molecule is CC1CC1c1ccc(CNc2ccnc(Cl)c2)o1. The number of hydrogen-bond acceptors (Lipinski definition) is 3. The normalized spacial score (nSPS) is 21.9. The van der Waals surface area contributed by atoms with Crippen LogP contribution in [0, 0.1) is 5.92 Å². The van der Waals surface area contributed by atoms with Gasteiger partial charge in [0.15, 0.2) is 0 Å². The van der Waals surface area contributed by atoms with Gasteiger partial charge in [-0.1, -0.05) is 18.5 Å². The lowest BCUT2D eigenvalue weighted by Gasteiger charge is -2.04. The van der Waals surface area contributed by atoms with Gasteiger partial charge in [-0.3, -0.25) is 0 Å². The van der Waals surface area contributed by atoms with Crippen LogP contribution in [0.25, 0.3) is 0 Å². The average molecular weight is 263 g/mol. The molecule has 4 heteroatoms. The van der Waals surface area contributed by atoms with Crippen LogP contribution in [0.4, 0.5) is 5.69 Å². The molecule has 0 aliphatic heterocycles. The molecule has 0 saturated heterocycles. The quantitative estimate of drug-likeness (QED) is 0.845. The lowest BCUT2D eigenvalue weighted by Crippen LogP contribution is -1.98. The van der Waals surface area contributed by atoms with Crippen LogP contribution in [0.3, 0.4) is 0 Å². The summed E-state index contributed by atoms with van der Waals surface area (Å²) in [5.74, 6) is 3.48. The highest BCUT2D eigenvalue weighted by Gasteiger charge is 2.36. The summed E-state index contributed by atoms with van der Waals surface area (Å²) in [5.41, 5.74) is 0.952. The number of anilines is 1. The van der Waals surface area contributed by atoms with Gasteiger partial charge in [0.25, 0.3) is 0 Å². The highest BCUT2D eigenvalue weighted by atomic mass is 35.5. The third-order valence-corrected chi connectivity index (χ3v) is 3.56. The molecule has 2 unspecified atom stereocenters. The van der Waals surface area contributed by atoms with Crippen LogP contribution in [0.15, 0.2) is 34.9 Å². The largest absolute Gasteiger partial charge is 0.464 e. The van der Waals surface area contributed by atoms with E-state index < -0.39 is 0 Å². The minimum Gasteiger partial charge on any atom is -0.464 e. The summed E-state index contributed by atoms with van der Waals surface area (Å²) in [6, 6.07) is 7.81. The first-order valence-corrected chi connectivity index (χ1v) is 6.54. The van der Waals surface area contributed by atoms with Gasteiger partial charge >= 0.3 is 0 Å². The Hall–Kier alpha value is -1.48. The molecule has 1 N–H and O–H groups in total. The van der Waals surface area contributed by atoms with Crippen LogP contribution < -0.4 is 5.32 Å². The van der Waals surface area contributed by atoms with Gasteiger partial charge in [-0.05, 0) is 36.6 Å². The van der Waals surface area contributed by atoms with E-state index in [1.165, 1.54) is 6.42 Å². The molecular weight excluding hydrogens is 248 g/mol. The fraction of sp³-hybridized carbons (Fsp3) is 0.357. The molecule has 3 nitrogen and oxygen atoms in total. The summed E-state index contributed by atoms with van der Waals surface area (Å²) < 4.78 is 5.82. The zero-order valence-corrected chi connectivity index (χ0v) is 10.9. The molecule has 2 aromatic heterocycles. The van der Waals surface area contributed by atoms with E-state index in [1.807, 2.05) is 12.1 Å². The van der Waals surface area contributed by atoms with Gasteiger partial charge in [-0.25, -0.2) is 4.98 Å². The molecule has 1 aliphatic rings. The Morgan fingerprint density at radius 1 is 1.44 bits per heavy atom. The number of aromatic nitrogens is 1. The van der Waals surface area contributed by atoms with E-state index in [9.17, 15) is 0 Å². The predicted octanol–water partition coefficient (Wildman–Crippen LogP) is 4.06. The van der Waals surface area contributed by atoms with Crippen molar-refractivity contribution in [3.8, 4) is 0 Å². The second kappa shape index (κ2) is 4.65. The lowest BCUT2D eigenvalue weighted by molar-refractivity contribution is 0.468. The van der Waals surface area contributed by atoms with Gasteiger partial charge in [0, 0.05) is 17.8 Å². The molecule has 2 atom stereocenters. The van der Waals surface area contributed by atoms with Crippen molar-refractivity contribution in [2.75, 3.05) is 5.32 Å². The van der Waals surface area contributed by atoms with Gasteiger partial charge in [0.05, 0.1) is 6.54 Å². The number of hydrogen-bond donors (Lipinski definition) is 1. The fourth-order valence-corrected chi connectivity index (χ4v) is 2.28. The minimum atomic E-state index is 0.493. The fourth-order valence-electron chi connectivity index (χ4n) is 2.11. The van der Waals surface area contributed by atoms with E-state index in [1.54, 1.807) is 12.3 Å². The van der Waals surface area contributed by atoms with Crippen LogP contribution in [-0.2, 0) is 6.54 Å². The Bertz CT molecular complexity index is 552. The molecule has 2 aromatic rings. The number of halogens is 1. The van der Waals surface area contributed by atoms with Crippen molar-refractivity contribution in [2.24, 2.45) is 5.92 Å². The van der Waals surface area contributed by atoms with Gasteiger partial charge in [-0.2, -0.15) is 0 Å². The first-order valence-electron chi connectivity index (χ1n) is 6.16.